The molecule has 0 aliphatic heterocycles. The van der Waals surface area contributed by atoms with Gasteiger partial charge in [-0.15, -0.1) is 0 Å². The molecule has 11 heteroatoms. The van der Waals surface area contributed by atoms with Crippen LogP contribution in [0.3, 0.4) is 0 Å². The molecular weight excluding hydrogens is 561 g/mol. The maximum Gasteiger partial charge on any atom is 0.337 e. The Hall–Kier alpha value is -3.53. The smallest absolute Gasteiger partial charge is 0.337 e. The summed E-state index contributed by atoms with van der Waals surface area (Å²) in [7, 11) is -3.62. The summed E-state index contributed by atoms with van der Waals surface area (Å²) in [5, 5.41) is 10.6. The predicted molar refractivity (Wildman–Crippen MR) is 154 cm³/mol. The number of ether oxygens (including phenoxy) is 1. The van der Waals surface area contributed by atoms with E-state index in [2.05, 4.69) is 16.2 Å². The Morgan fingerprint density at radius 2 is 1.74 bits per heavy atom. The molecule has 0 aliphatic rings. The second-order valence-electron chi connectivity index (χ2n) is 8.94. The lowest BCUT2D eigenvalue weighted by Crippen LogP contribution is -2.13. The third-order valence-corrected chi connectivity index (χ3v) is 7.09. The van der Waals surface area contributed by atoms with E-state index in [1.54, 1.807) is 12.1 Å². The fourth-order valence-electron chi connectivity index (χ4n) is 4.12. The van der Waals surface area contributed by atoms with E-state index in [4.69, 9.17) is 32.9 Å². The summed E-state index contributed by atoms with van der Waals surface area (Å²) >= 11 is 12.4. The van der Waals surface area contributed by atoms with Gasteiger partial charge in [-0.05, 0) is 73.9 Å². The molecule has 39 heavy (non-hydrogen) atoms. The van der Waals surface area contributed by atoms with Crippen LogP contribution in [-0.2, 0) is 29.4 Å². The van der Waals surface area contributed by atoms with Gasteiger partial charge in [-0.1, -0.05) is 35.3 Å². The molecule has 0 radical (unpaired) electrons. The van der Waals surface area contributed by atoms with Crippen molar-refractivity contribution in [3.8, 4) is 22.8 Å². The summed E-state index contributed by atoms with van der Waals surface area (Å²) in [5.41, 5.74) is 2.56. The highest BCUT2D eigenvalue weighted by Crippen LogP contribution is 2.31. The number of sulfonamides is 1. The molecule has 204 valence electrons. The van der Waals surface area contributed by atoms with Crippen LogP contribution in [0.1, 0.15) is 35.1 Å². The topological polar surface area (TPSA) is 111 Å². The number of imidazole rings is 1. The first-order valence-electron chi connectivity index (χ1n) is 12.2. The standard InChI is InChI=1S/C28H27Cl2N3O5S/c1-3-33-17-26(22-13-9-19(29)15-24(22)30)31-27(33)6-4-5-18-7-10-20(11-8-18)38-21-12-14-25(32-39(2,36)37)23(16-21)28(34)35/h7-17,32H,3-6H2,1-2H3,(H,34,35). The van der Waals surface area contributed by atoms with Crippen molar-refractivity contribution in [3.05, 3.63) is 93.9 Å². The van der Waals surface area contributed by atoms with Gasteiger partial charge in [-0.3, -0.25) is 4.72 Å². The lowest BCUT2D eigenvalue weighted by molar-refractivity contribution is 0.0697. The third-order valence-electron chi connectivity index (χ3n) is 5.95. The summed E-state index contributed by atoms with van der Waals surface area (Å²) in [5.74, 6) is 0.530. The number of nitrogens with zero attached hydrogens (tertiary/aromatic N) is 2. The van der Waals surface area contributed by atoms with E-state index in [1.807, 2.05) is 36.5 Å². The molecule has 8 nitrogen and oxygen atoms in total. The molecule has 0 bridgehead atoms. The van der Waals surface area contributed by atoms with Gasteiger partial charge in [0, 0.05) is 29.7 Å². The number of hydrogen-bond donors (Lipinski definition) is 2. The average Bonchev–Trinajstić information content (AvgIpc) is 3.28. The largest absolute Gasteiger partial charge is 0.478 e. The number of anilines is 1. The minimum absolute atomic E-state index is 0.0280. The molecule has 0 saturated heterocycles. The third kappa shape index (κ3) is 7.53. The van der Waals surface area contributed by atoms with Crippen molar-refractivity contribution < 1.29 is 23.1 Å². The second-order valence-corrected chi connectivity index (χ2v) is 11.5. The number of nitrogens with one attached hydrogen (secondary N) is 1. The van der Waals surface area contributed by atoms with Gasteiger partial charge in [-0.2, -0.15) is 0 Å². The van der Waals surface area contributed by atoms with Crippen LogP contribution in [0.4, 0.5) is 5.69 Å². The average molecular weight is 589 g/mol. The molecule has 0 fully saturated rings. The first-order chi connectivity index (χ1) is 18.5. The number of carbonyl (C=O) groups is 1. The van der Waals surface area contributed by atoms with Crippen LogP contribution in [0.25, 0.3) is 11.3 Å². The monoisotopic (exact) mass is 587 g/mol. The molecule has 2 N–H and O–H groups in total. The normalized spacial score (nSPS) is 11.4. The first-order valence-corrected chi connectivity index (χ1v) is 14.8. The molecule has 1 heterocycles. The first kappa shape index (κ1) is 28.5. The lowest BCUT2D eigenvalue weighted by atomic mass is 10.1. The molecule has 0 saturated carbocycles. The van der Waals surface area contributed by atoms with Gasteiger partial charge >= 0.3 is 5.97 Å². The summed E-state index contributed by atoms with van der Waals surface area (Å²) < 4.78 is 33.1. The summed E-state index contributed by atoms with van der Waals surface area (Å²) in [6.45, 7) is 2.88. The van der Waals surface area contributed by atoms with Gasteiger partial charge in [-0.25, -0.2) is 18.2 Å². The predicted octanol–water partition coefficient (Wildman–Crippen LogP) is 6.91. The van der Waals surface area contributed by atoms with Crippen molar-refractivity contribution in [3.63, 3.8) is 0 Å². The van der Waals surface area contributed by atoms with E-state index in [9.17, 15) is 18.3 Å². The van der Waals surface area contributed by atoms with Crippen molar-refractivity contribution >= 4 is 44.9 Å². The zero-order valence-corrected chi connectivity index (χ0v) is 23.6. The maximum atomic E-state index is 11.6. The molecule has 0 unspecified atom stereocenters. The maximum absolute atomic E-state index is 11.6. The minimum Gasteiger partial charge on any atom is -0.478 e. The fraction of sp³-hybridized carbons (Fsp3) is 0.214. The number of aromatic carboxylic acids is 1. The molecule has 0 aliphatic carbocycles. The minimum atomic E-state index is -3.62. The number of aromatic nitrogens is 2. The summed E-state index contributed by atoms with van der Waals surface area (Å²) in [6, 6.07) is 17.1. The van der Waals surface area contributed by atoms with E-state index in [0.29, 0.717) is 15.8 Å². The Kier molecular flexibility index (Phi) is 8.84. The molecule has 0 amide bonds. The highest BCUT2D eigenvalue weighted by molar-refractivity contribution is 7.92. The van der Waals surface area contributed by atoms with Crippen LogP contribution in [0, 0.1) is 0 Å². The zero-order valence-electron chi connectivity index (χ0n) is 21.3. The molecule has 0 atom stereocenters. The Labute approximate surface area is 237 Å². The number of rotatable bonds is 11. The number of halogens is 2. The van der Waals surface area contributed by atoms with Crippen LogP contribution < -0.4 is 9.46 Å². The Balaban J connectivity index is 1.38. The van der Waals surface area contributed by atoms with E-state index in [-0.39, 0.29) is 17.0 Å². The van der Waals surface area contributed by atoms with Crippen molar-refractivity contribution in [2.45, 2.75) is 32.7 Å². The van der Waals surface area contributed by atoms with Crippen LogP contribution >= 0.6 is 23.2 Å². The number of benzene rings is 3. The second kappa shape index (κ2) is 12.1. The quantitative estimate of drug-likeness (QED) is 0.197. The van der Waals surface area contributed by atoms with Crippen LogP contribution in [0.5, 0.6) is 11.5 Å². The number of hydrogen-bond acceptors (Lipinski definition) is 5. The van der Waals surface area contributed by atoms with Crippen LogP contribution in [-0.4, -0.2) is 35.3 Å². The van der Waals surface area contributed by atoms with Crippen LogP contribution in [0.2, 0.25) is 10.0 Å². The van der Waals surface area contributed by atoms with Crippen molar-refractivity contribution in [2.24, 2.45) is 0 Å². The van der Waals surface area contributed by atoms with Gasteiger partial charge < -0.3 is 14.4 Å². The van der Waals surface area contributed by atoms with E-state index in [0.717, 1.165) is 54.7 Å². The molecule has 4 aromatic rings. The summed E-state index contributed by atoms with van der Waals surface area (Å²) in [4.78, 5) is 16.4. The summed E-state index contributed by atoms with van der Waals surface area (Å²) in [6.07, 6.45) is 5.49. The van der Waals surface area contributed by atoms with Crippen molar-refractivity contribution in [2.75, 3.05) is 11.0 Å². The van der Waals surface area contributed by atoms with Gasteiger partial charge in [0.15, 0.2) is 0 Å². The Bertz CT molecular complexity index is 1600. The number of carboxylic acid groups (broad SMARTS) is 1. The van der Waals surface area contributed by atoms with Crippen molar-refractivity contribution in [1.29, 1.82) is 0 Å². The molecule has 0 spiro atoms. The lowest BCUT2D eigenvalue weighted by Gasteiger charge is -2.11. The van der Waals surface area contributed by atoms with Gasteiger partial charge in [0.05, 0.1) is 28.2 Å². The van der Waals surface area contributed by atoms with Gasteiger partial charge in [0.2, 0.25) is 10.0 Å². The molecular formula is C28H27Cl2N3O5S. The molecule has 1 aromatic heterocycles. The van der Waals surface area contributed by atoms with Gasteiger partial charge in [0.1, 0.15) is 17.3 Å². The van der Waals surface area contributed by atoms with E-state index < -0.39 is 16.0 Å². The SMILES string of the molecule is CCn1cc(-c2ccc(Cl)cc2Cl)nc1CCCc1ccc(Oc2ccc(NS(C)(=O)=O)c(C(=O)O)c2)cc1. The van der Waals surface area contributed by atoms with E-state index >= 15 is 0 Å². The number of carboxylic acids is 1. The Morgan fingerprint density at radius 3 is 2.38 bits per heavy atom. The Morgan fingerprint density at radius 1 is 1.03 bits per heavy atom. The molecule has 3 aromatic carbocycles. The van der Waals surface area contributed by atoms with Gasteiger partial charge in [0.25, 0.3) is 0 Å². The number of aryl methyl sites for hydroxylation is 3. The molecule has 4 rings (SSSR count). The highest BCUT2D eigenvalue weighted by atomic mass is 35.5. The zero-order chi connectivity index (χ0) is 28.2. The highest BCUT2D eigenvalue weighted by Gasteiger charge is 2.15. The van der Waals surface area contributed by atoms with E-state index in [1.165, 1.54) is 18.2 Å². The fourth-order valence-corrected chi connectivity index (χ4v) is 5.20. The van der Waals surface area contributed by atoms with Crippen molar-refractivity contribution in [1.82, 2.24) is 9.55 Å². The van der Waals surface area contributed by atoms with Crippen LogP contribution in [0.15, 0.2) is 66.9 Å².